The second-order valence-corrected chi connectivity index (χ2v) is 10.0. The van der Waals surface area contributed by atoms with Crippen LogP contribution in [0.3, 0.4) is 0 Å². The van der Waals surface area contributed by atoms with E-state index in [9.17, 15) is 4.79 Å². The fourth-order valence-corrected chi connectivity index (χ4v) is 6.22. The van der Waals surface area contributed by atoms with Crippen LogP contribution in [-0.4, -0.2) is 64.8 Å². The van der Waals surface area contributed by atoms with E-state index in [1.54, 1.807) is 13.2 Å². The summed E-state index contributed by atoms with van der Waals surface area (Å²) in [5.74, 6) is 1.75. The van der Waals surface area contributed by atoms with Crippen molar-refractivity contribution in [2.45, 2.75) is 82.0 Å². The molecule has 0 radical (unpaired) electrons. The molecule has 178 valence electrons. The van der Waals surface area contributed by atoms with E-state index in [0.717, 1.165) is 57.1 Å². The van der Waals surface area contributed by atoms with Crippen molar-refractivity contribution in [3.8, 4) is 17.4 Å². The van der Waals surface area contributed by atoms with E-state index in [1.165, 1.54) is 0 Å². The van der Waals surface area contributed by atoms with Gasteiger partial charge in [-0.2, -0.15) is 4.98 Å². The SMILES string of the molecule is COC1CCN(C)[C@@H]1[C@H](C)Oc1cc(Cl)nc(-c2noc3c2CCC[C@@]32CCCCC2=O)n1. The van der Waals surface area contributed by atoms with Crippen LogP contribution in [0.5, 0.6) is 5.88 Å². The van der Waals surface area contributed by atoms with E-state index in [2.05, 4.69) is 27.1 Å². The quantitative estimate of drug-likeness (QED) is 0.601. The summed E-state index contributed by atoms with van der Waals surface area (Å²) in [5.41, 5.74) is 0.967. The van der Waals surface area contributed by atoms with Crippen LogP contribution in [0, 0.1) is 0 Å². The Bertz CT molecular complexity index is 1040. The van der Waals surface area contributed by atoms with E-state index >= 15 is 0 Å². The highest BCUT2D eigenvalue weighted by Gasteiger charge is 2.48. The van der Waals surface area contributed by atoms with Crippen molar-refractivity contribution in [3.05, 3.63) is 22.5 Å². The molecule has 5 rings (SSSR count). The number of ketones is 1. The van der Waals surface area contributed by atoms with Crippen molar-refractivity contribution in [1.29, 1.82) is 0 Å². The number of carbonyl (C=O) groups excluding carboxylic acids is 1. The Morgan fingerprint density at radius 2 is 2.06 bits per heavy atom. The van der Waals surface area contributed by atoms with E-state index in [-0.39, 0.29) is 29.2 Å². The summed E-state index contributed by atoms with van der Waals surface area (Å²) in [7, 11) is 3.81. The minimum Gasteiger partial charge on any atom is -0.473 e. The number of hydrogen-bond acceptors (Lipinski definition) is 8. The maximum atomic E-state index is 12.9. The number of fused-ring (bicyclic) bond motifs is 2. The number of halogens is 1. The lowest BCUT2D eigenvalue weighted by Crippen LogP contribution is -2.44. The molecule has 9 heteroatoms. The molecule has 0 N–H and O–H groups in total. The van der Waals surface area contributed by atoms with Gasteiger partial charge >= 0.3 is 0 Å². The third kappa shape index (κ3) is 3.96. The van der Waals surface area contributed by atoms with Gasteiger partial charge in [0, 0.05) is 31.7 Å². The van der Waals surface area contributed by atoms with E-state index in [1.807, 2.05) is 6.92 Å². The van der Waals surface area contributed by atoms with Crippen LogP contribution in [0.15, 0.2) is 10.6 Å². The topological polar surface area (TPSA) is 90.6 Å². The molecule has 1 spiro atoms. The highest BCUT2D eigenvalue weighted by Crippen LogP contribution is 2.47. The third-order valence-electron chi connectivity index (χ3n) is 7.67. The summed E-state index contributed by atoms with van der Waals surface area (Å²) in [6.45, 7) is 2.98. The third-order valence-corrected chi connectivity index (χ3v) is 7.87. The highest BCUT2D eigenvalue weighted by molar-refractivity contribution is 6.29. The van der Waals surface area contributed by atoms with Crippen LogP contribution in [0.1, 0.15) is 63.2 Å². The molecule has 3 aliphatic rings. The van der Waals surface area contributed by atoms with Crippen molar-refractivity contribution < 1.29 is 18.8 Å². The molecular weight excluding hydrogens is 444 g/mol. The van der Waals surface area contributed by atoms with Crippen LogP contribution in [0.25, 0.3) is 11.5 Å². The highest BCUT2D eigenvalue weighted by atomic mass is 35.5. The average Bonchev–Trinajstić information content (AvgIpc) is 3.39. The Balaban J connectivity index is 1.45. The first-order valence-electron chi connectivity index (χ1n) is 11.9. The van der Waals surface area contributed by atoms with Crippen LogP contribution < -0.4 is 4.74 Å². The van der Waals surface area contributed by atoms with E-state index < -0.39 is 5.41 Å². The standard InChI is InChI=1S/C24H31ClN4O4/c1-14(21-16(31-3)9-12-29(21)2)32-19-13-18(25)26-23(27-19)20-15-7-6-11-24(22(15)33-28-20)10-5-4-8-17(24)30/h13-14,16,21H,4-12H2,1-3H3/t14-,16?,21+,24+/m0/s1. The summed E-state index contributed by atoms with van der Waals surface area (Å²) in [4.78, 5) is 24.2. The van der Waals surface area contributed by atoms with Crippen molar-refractivity contribution in [1.82, 2.24) is 20.0 Å². The number of hydrogen-bond donors (Lipinski definition) is 0. The summed E-state index contributed by atoms with van der Waals surface area (Å²) in [6, 6.07) is 1.74. The molecule has 3 heterocycles. The molecular formula is C24H31ClN4O4. The smallest absolute Gasteiger partial charge is 0.218 e. The number of likely N-dealkylation sites (N-methyl/N-ethyl adjacent to an activating group) is 1. The maximum Gasteiger partial charge on any atom is 0.218 e. The van der Waals surface area contributed by atoms with Gasteiger partial charge in [-0.05, 0) is 52.5 Å². The lowest BCUT2D eigenvalue weighted by atomic mass is 9.64. The molecule has 1 saturated heterocycles. The van der Waals surface area contributed by atoms with Crippen LogP contribution in [0.4, 0.5) is 0 Å². The van der Waals surface area contributed by atoms with Gasteiger partial charge in [0.25, 0.3) is 0 Å². The fraction of sp³-hybridized carbons (Fsp3) is 0.667. The molecule has 2 aromatic rings. The number of nitrogens with zero attached hydrogens (tertiary/aromatic N) is 4. The number of rotatable bonds is 5. The molecule has 8 nitrogen and oxygen atoms in total. The number of Topliss-reactive ketones (excluding diaryl/α,β-unsaturated/α-hetero) is 1. The Labute approximate surface area is 199 Å². The van der Waals surface area contributed by atoms with Crippen molar-refractivity contribution in [3.63, 3.8) is 0 Å². The van der Waals surface area contributed by atoms with Gasteiger partial charge in [0.1, 0.15) is 17.0 Å². The normalized spacial score (nSPS) is 28.8. The molecule has 2 fully saturated rings. The lowest BCUT2D eigenvalue weighted by Gasteiger charge is -2.36. The molecule has 1 unspecified atom stereocenters. The maximum absolute atomic E-state index is 12.9. The number of carbonyl (C=O) groups is 1. The molecule has 33 heavy (non-hydrogen) atoms. The monoisotopic (exact) mass is 474 g/mol. The first-order chi connectivity index (χ1) is 15.9. The Morgan fingerprint density at radius 1 is 1.24 bits per heavy atom. The van der Waals surface area contributed by atoms with Gasteiger partial charge in [-0.15, -0.1) is 0 Å². The lowest BCUT2D eigenvalue weighted by molar-refractivity contribution is -0.128. The summed E-state index contributed by atoms with van der Waals surface area (Å²) in [6.07, 6.45) is 6.86. The van der Waals surface area contributed by atoms with Crippen molar-refractivity contribution >= 4 is 17.4 Å². The van der Waals surface area contributed by atoms with Crippen molar-refractivity contribution in [2.24, 2.45) is 0 Å². The zero-order valence-corrected chi connectivity index (χ0v) is 20.2. The molecule has 4 atom stereocenters. The first-order valence-corrected chi connectivity index (χ1v) is 12.3. The Kier molecular flexibility index (Phi) is 6.18. The molecule has 0 bridgehead atoms. The summed E-state index contributed by atoms with van der Waals surface area (Å²) in [5, 5.41) is 4.61. The number of likely N-dealkylation sites (tertiary alicyclic amines) is 1. The molecule has 1 saturated carbocycles. The van der Waals surface area contributed by atoms with E-state index in [0.29, 0.717) is 29.6 Å². The largest absolute Gasteiger partial charge is 0.473 e. The number of ether oxygens (including phenoxy) is 2. The van der Waals surface area contributed by atoms with Gasteiger partial charge in [0.05, 0.1) is 17.6 Å². The van der Waals surface area contributed by atoms with Gasteiger partial charge in [-0.25, -0.2) is 4.98 Å². The van der Waals surface area contributed by atoms with Crippen LogP contribution >= 0.6 is 11.6 Å². The molecule has 2 aromatic heterocycles. The van der Waals surface area contributed by atoms with Gasteiger partial charge in [-0.3, -0.25) is 9.69 Å². The minimum atomic E-state index is -0.536. The van der Waals surface area contributed by atoms with Crippen LogP contribution in [0.2, 0.25) is 5.15 Å². The van der Waals surface area contributed by atoms with Gasteiger partial charge in [-0.1, -0.05) is 23.2 Å². The Morgan fingerprint density at radius 3 is 2.85 bits per heavy atom. The summed E-state index contributed by atoms with van der Waals surface area (Å²) >= 11 is 6.36. The number of methoxy groups -OCH3 is 1. The average molecular weight is 475 g/mol. The predicted octanol–water partition coefficient (Wildman–Crippen LogP) is 3.99. The number of aromatic nitrogens is 3. The van der Waals surface area contributed by atoms with E-state index in [4.69, 9.17) is 25.6 Å². The molecule has 1 aliphatic heterocycles. The first kappa shape index (κ1) is 22.7. The zero-order valence-electron chi connectivity index (χ0n) is 19.5. The molecule has 0 amide bonds. The van der Waals surface area contributed by atoms with Gasteiger partial charge < -0.3 is 14.0 Å². The fourth-order valence-electron chi connectivity index (χ4n) is 6.04. The van der Waals surface area contributed by atoms with Crippen molar-refractivity contribution in [2.75, 3.05) is 20.7 Å². The summed E-state index contributed by atoms with van der Waals surface area (Å²) < 4.78 is 17.7. The predicted molar refractivity (Wildman–Crippen MR) is 123 cm³/mol. The van der Waals surface area contributed by atoms with Gasteiger partial charge in [0.2, 0.25) is 5.88 Å². The Hall–Kier alpha value is -2.03. The van der Waals surface area contributed by atoms with Crippen LogP contribution in [-0.2, 0) is 21.4 Å². The van der Waals surface area contributed by atoms with Gasteiger partial charge in [0.15, 0.2) is 17.3 Å². The minimum absolute atomic E-state index is 0.105. The second kappa shape index (κ2) is 8.96. The molecule has 2 aliphatic carbocycles. The zero-order chi connectivity index (χ0) is 23.2. The molecule has 0 aromatic carbocycles. The second-order valence-electron chi connectivity index (χ2n) is 9.61.